The number of amides is 1. The highest BCUT2D eigenvalue weighted by molar-refractivity contribution is 8.00. The van der Waals surface area contributed by atoms with E-state index in [-0.39, 0.29) is 11.3 Å². The van der Waals surface area contributed by atoms with Crippen LogP contribution in [0.25, 0.3) is 11.3 Å². The van der Waals surface area contributed by atoms with Gasteiger partial charge in [-0.2, -0.15) is 5.10 Å². The maximum atomic E-state index is 12.6. The fourth-order valence-electron chi connectivity index (χ4n) is 3.34. The second kappa shape index (κ2) is 10.1. The minimum absolute atomic E-state index is 0.0881. The van der Waals surface area contributed by atoms with E-state index in [0.717, 1.165) is 28.2 Å². The highest BCUT2D eigenvalue weighted by Gasteiger charge is 2.36. The molecule has 30 heavy (non-hydrogen) atoms. The number of halogens is 2. The monoisotopic (exact) mass is 445 g/mol. The Morgan fingerprint density at radius 1 is 1.27 bits per heavy atom. The lowest BCUT2D eigenvalue weighted by Gasteiger charge is -2.24. The summed E-state index contributed by atoms with van der Waals surface area (Å²) in [5, 5.41) is 5.35. The van der Waals surface area contributed by atoms with Crippen molar-refractivity contribution in [2.75, 3.05) is 12.4 Å². The number of carbonyl (C=O) groups is 1. The topological polar surface area (TPSA) is 38.1 Å². The maximum absolute atomic E-state index is 12.6. The average molecular weight is 446 g/mol. The third-order valence-electron chi connectivity index (χ3n) is 5.01. The average Bonchev–Trinajstić information content (AvgIpc) is 3.35. The summed E-state index contributed by atoms with van der Waals surface area (Å²) in [7, 11) is 0. The molecule has 1 fully saturated rings. The summed E-state index contributed by atoms with van der Waals surface area (Å²) >= 11 is 7.63. The number of allylic oxidation sites excluding steroid dienone is 6. The number of hydrogen-bond acceptors (Lipinski definition) is 3. The molecular weight excluding hydrogens is 421 g/mol. The summed E-state index contributed by atoms with van der Waals surface area (Å²) in [4.78, 5) is 14.4. The Bertz CT molecular complexity index is 994. The van der Waals surface area contributed by atoms with Gasteiger partial charge in [0.1, 0.15) is 12.0 Å². The molecular formula is C23H25ClFN3OS. The van der Waals surface area contributed by atoms with Crippen molar-refractivity contribution in [3.63, 3.8) is 0 Å². The van der Waals surface area contributed by atoms with Crippen LogP contribution in [0.5, 0.6) is 0 Å². The van der Waals surface area contributed by atoms with Crippen molar-refractivity contribution in [3.05, 3.63) is 76.7 Å². The summed E-state index contributed by atoms with van der Waals surface area (Å²) in [5.74, 6) is 0.513. The Hall–Kier alpha value is -2.31. The van der Waals surface area contributed by atoms with Gasteiger partial charge in [0.2, 0.25) is 5.91 Å². The molecule has 1 atom stereocenters. The molecule has 0 spiro atoms. The van der Waals surface area contributed by atoms with E-state index < -0.39 is 6.67 Å². The van der Waals surface area contributed by atoms with Crippen LogP contribution in [0, 0.1) is 0 Å². The standard InChI is InChI=1S/C23H25ClFN3OS/c1-4-16(3)28-21(29)15-30-23(28)20-14-27(19-11-9-18(24)10-12-19)26-22(20)17(5-2)8-6-7-13-25/h4-7,9-12,14,23H,8,13,15H2,1-3H3/b7-6-,16-4+,17-5+. The number of hydrogen-bond donors (Lipinski definition) is 0. The molecule has 0 radical (unpaired) electrons. The van der Waals surface area contributed by atoms with Crippen molar-refractivity contribution >= 4 is 34.8 Å². The molecule has 0 bridgehead atoms. The van der Waals surface area contributed by atoms with Crippen molar-refractivity contribution in [1.82, 2.24) is 14.7 Å². The van der Waals surface area contributed by atoms with Gasteiger partial charge in [0.25, 0.3) is 0 Å². The Morgan fingerprint density at radius 2 is 2.00 bits per heavy atom. The molecule has 0 aliphatic carbocycles. The van der Waals surface area contributed by atoms with E-state index in [4.69, 9.17) is 16.7 Å². The number of aromatic nitrogens is 2. The van der Waals surface area contributed by atoms with Crippen LogP contribution >= 0.6 is 23.4 Å². The van der Waals surface area contributed by atoms with Crippen LogP contribution in [-0.2, 0) is 4.79 Å². The number of carbonyl (C=O) groups excluding carboxylic acids is 1. The lowest BCUT2D eigenvalue weighted by atomic mass is 10.0. The van der Waals surface area contributed by atoms with E-state index in [2.05, 4.69) is 0 Å². The largest absolute Gasteiger partial charge is 0.299 e. The van der Waals surface area contributed by atoms with E-state index in [9.17, 15) is 9.18 Å². The molecule has 1 aromatic heterocycles. The first kappa shape index (κ1) is 22.4. The van der Waals surface area contributed by atoms with Gasteiger partial charge in [-0.1, -0.05) is 35.9 Å². The quantitative estimate of drug-likeness (QED) is 0.466. The number of alkyl halides is 1. The molecule has 1 aliphatic rings. The van der Waals surface area contributed by atoms with Gasteiger partial charge < -0.3 is 0 Å². The fraction of sp³-hybridized carbons (Fsp3) is 0.304. The summed E-state index contributed by atoms with van der Waals surface area (Å²) in [5.41, 5.74) is 4.56. The van der Waals surface area contributed by atoms with Crippen LogP contribution < -0.4 is 0 Å². The van der Waals surface area contributed by atoms with E-state index in [1.54, 1.807) is 11.8 Å². The van der Waals surface area contributed by atoms with Crippen molar-refractivity contribution in [1.29, 1.82) is 0 Å². The lowest BCUT2D eigenvalue weighted by molar-refractivity contribution is -0.126. The summed E-state index contributed by atoms with van der Waals surface area (Å²) in [6.45, 7) is 5.33. The molecule has 1 aromatic carbocycles. The van der Waals surface area contributed by atoms with E-state index in [0.29, 0.717) is 17.2 Å². The molecule has 1 amide bonds. The fourth-order valence-corrected chi connectivity index (χ4v) is 4.69. The van der Waals surface area contributed by atoms with Gasteiger partial charge in [-0.15, -0.1) is 11.8 Å². The van der Waals surface area contributed by atoms with Gasteiger partial charge in [-0.05, 0) is 57.0 Å². The molecule has 4 nitrogen and oxygen atoms in total. The molecule has 0 N–H and O–H groups in total. The van der Waals surface area contributed by atoms with Gasteiger partial charge in [-0.25, -0.2) is 9.07 Å². The summed E-state index contributed by atoms with van der Waals surface area (Å²) < 4.78 is 14.4. The Morgan fingerprint density at radius 3 is 2.63 bits per heavy atom. The first-order valence-electron chi connectivity index (χ1n) is 9.78. The zero-order valence-electron chi connectivity index (χ0n) is 17.3. The minimum atomic E-state index is -0.496. The molecule has 1 unspecified atom stereocenters. The Kier molecular flexibility index (Phi) is 7.56. The van der Waals surface area contributed by atoms with E-state index in [1.165, 1.54) is 6.08 Å². The molecule has 3 rings (SSSR count). The highest BCUT2D eigenvalue weighted by atomic mass is 35.5. The summed E-state index contributed by atoms with van der Waals surface area (Å²) in [6, 6.07) is 7.46. The van der Waals surface area contributed by atoms with Gasteiger partial charge in [0.15, 0.2) is 0 Å². The normalized spacial score (nSPS) is 18.1. The molecule has 7 heteroatoms. The molecule has 2 heterocycles. The van der Waals surface area contributed by atoms with Gasteiger partial charge >= 0.3 is 0 Å². The molecule has 1 saturated heterocycles. The van der Waals surface area contributed by atoms with Gasteiger partial charge in [0, 0.05) is 22.5 Å². The van der Waals surface area contributed by atoms with Crippen molar-refractivity contribution < 1.29 is 9.18 Å². The smallest absolute Gasteiger partial charge is 0.238 e. The zero-order valence-corrected chi connectivity index (χ0v) is 18.9. The second-order valence-electron chi connectivity index (χ2n) is 6.85. The third-order valence-corrected chi connectivity index (χ3v) is 6.46. The number of thioether (sulfide) groups is 1. The van der Waals surface area contributed by atoms with Crippen LogP contribution in [0.3, 0.4) is 0 Å². The van der Waals surface area contributed by atoms with Crippen LogP contribution in [0.4, 0.5) is 4.39 Å². The van der Waals surface area contributed by atoms with Crippen molar-refractivity contribution in [2.45, 2.75) is 32.6 Å². The SMILES string of the molecule is C/C=C(\C/C=C\CF)c1nn(-c2ccc(Cl)cc2)cc1C1SCC(=O)N1/C(C)=C/C. The molecule has 158 valence electrons. The Labute approximate surface area is 186 Å². The zero-order chi connectivity index (χ0) is 21.7. The number of rotatable bonds is 7. The van der Waals surface area contributed by atoms with Gasteiger partial charge in [0.05, 0.1) is 17.1 Å². The third kappa shape index (κ3) is 4.71. The lowest BCUT2D eigenvalue weighted by Crippen LogP contribution is -2.26. The van der Waals surface area contributed by atoms with Crippen LogP contribution in [0.1, 0.15) is 43.8 Å². The van der Waals surface area contributed by atoms with Crippen molar-refractivity contribution in [2.24, 2.45) is 0 Å². The van der Waals surface area contributed by atoms with Crippen molar-refractivity contribution in [3.8, 4) is 5.69 Å². The number of benzene rings is 1. The first-order chi connectivity index (χ1) is 14.5. The van der Waals surface area contributed by atoms with Crippen LogP contribution in [0.2, 0.25) is 5.02 Å². The predicted molar refractivity (Wildman–Crippen MR) is 123 cm³/mol. The second-order valence-corrected chi connectivity index (χ2v) is 8.36. The van der Waals surface area contributed by atoms with E-state index in [1.807, 2.05) is 79.0 Å². The molecule has 2 aromatic rings. The maximum Gasteiger partial charge on any atom is 0.238 e. The Balaban J connectivity index is 2.10. The minimum Gasteiger partial charge on any atom is -0.299 e. The van der Waals surface area contributed by atoms with Crippen LogP contribution in [-0.4, -0.2) is 33.0 Å². The van der Waals surface area contributed by atoms with E-state index >= 15 is 0 Å². The van der Waals surface area contributed by atoms with Crippen LogP contribution in [0.15, 0.2) is 60.5 Å². The molecule has 1 aliphatic heterocycles. The molecule has 0 saturated carbocycles. The summed E-state index contributed by atoms with van der Waals surface area (Å²) in [6.07, 6.45) is 9.80. The number of nitrogens with zero attached hydrogens (tertiary/aromatic N) is 3. The predicted octanol–water partition coefficient (Wildman–Crippen LogP) is 6.34. The highest BCUT2D eigenvalue weighted by Crippen LogP contribution is 2.44. The van der Waals surface area contributed by atoms with Gasteiger partial charge in [-0.3, -0.25) is 9.69 Å². The first-order valence-corrected chi connectivity index (χ1v) is 11.2.